The van der Waals surface area contributed by atoms with Crippen LogP contribution in [0.5, 0.6) is 5.75 Å². The molecule has 0 atom stereocenters. The van der Waals surface area contributed by atoms with Crippen LogP contribution in [0.3, 0.4) is 0 Å². The van der Waals surface area contributed by atoms with Crippen LogP contribution in [0.25, 0.3) is 6.08 Å². The minimum Gasteiger partial charge on any atom is -0.458 e. The van der Waals surface area contributed by atoms with Crippen molar-refractivity contribution in [1.29, 1.82) is 0 Å². The van der Waals surface area contributed by atoms with Crippen LogP contribution in [-0.4, -0.2) is 0 Å². The molecule has 1 rings (SSSR count). The number of hydrogen-bond donors (Lipinski definition) is 0. The first kappa shape index (κ1) is 11.3. The van der Waals surface area contributed by atoms with Crippen LogP contribution in [0.4, 0.5) is 0 Å². The van der Waals surface area contributed by atoms with Crippen molar-refractivity contribution in [3.63, 3.8) is 0 Å². The third-order valence-corrected chi connectivity index (χ3v) is 1.94. The van der Waals surface area contributed by atoms with E-state index >= 15 is 0 Å². The monoisotopic (exact) mass is 200 g/mol. The lowest BCUT2D eigenvalue weighted by Crippen LogP contribution is -1.91. The van der Waals surface area contributed by atoms with Crippen LogP contribution in [0, 0.1) is 0 Å². The Labute approximate surface area is 91.4 Å². The highest BCUT2D eigenvalue weighted by Gasteiger charge is 1.96. The lowest BCUT2D eigenvalue weighted by molar-refractivity contribution is 0.443. The molecule has 0 aromatic heterocycles. The summed E-state index contributed by atoms with van der Waals surface area (Å²) in [6, 6.07) is 7.93. The van der Waals surface area contributed by atoms with E-state index in [1.165, 1.54) is 0 Å². The zero-order valence-corrected chi connectivity index (χ0v) is 9.23. The van der Waals surface area contributed by atoms with Crippen molar-refractivity contribution in [1.82, 2.24) is 0 Å². The van der Waals surface area contributed by atoms with Crippen molar-refractivity contribution < 1.29 is 4.74 Å². The van der Waals surface area contributed by atoms with E-state index < -0.39 is 0 Å². The first-order valence-corrected chi connectivity index (χ1v) is 4.99. The van der Waals surface area contributed by atoms with Gasteiger partial charge in [0.05, 0.1) is 0 Å². The predicted molar refractivity (Wildman–Crippen MR) is 65.7 cm³/mol. The second-order valence-corrected chi connectivity index (χ2v) is 3.07. The fourth-order valence-electron chi connectivity index (χ4n) is 1.23. The Bertz CT molecular complexity index is 386. The molecule has 78 valence electrons. The van der Waals surface area contributed by atoms with Gasteiger partial charge in [0.2, 0.25) is 0 Å². The molecular formula is C14H16O. The molecule has 0 fully saturated rings. The fourth-order valence-corrected chi connectivity index (χ4v) is 1.23. The van der Waals surface area contributed by atoms with Crippen molar-refractivity contribution in [3.05, 3.63) is 60.4 Å². The molecule has 0 saturated carbocycles. The molecule has 0 amide bonds. The average molecular weight is 200 g/mol. The number of hydrogen-bond acceptors (Lipinski definition) is 1. The highest BCUT2D eigenvalue weighted by Crippen LogP contribution is 2.17. The maximum Gasteiger partial charge on any atom is 0.128 e. The normalized spacial score (nSPS) is 11.7. The van der Waals surface area contributed by atoms with Crippen LogP contribution in [0.2, 0.25) is 0 Å². The Balaban J connectivity index is 2.86. The third kappa shape index (κ3) is 3.47. The molecule has 1 aromatic rings. The number of allylic oxidation sites excluding steroid dienone is 3. The summed E-state index contributed by atoms with van der Waals surface area (Å²) in [7, 11) is 0. The van der Waals surface area contributed by atoms with Crippen molar-refractivity contribution in [2.75, 3.05) is 0 Å². The summed E-state index contributed by atoms with van der Waals surface area (Å²) >= 11 is 0. The molecule has 1 nitrogen and oxygen atoms in total. The van der Waals surface area contributed by atoms with Crippen LogP contribution < -0.4 is 4.74 Å². The molecule has 0 radical (unpaired) electrons. The highest BCUT2D eigenvalue weighted by molar-refractivity contribution is 5.51. The van der Waals surface area contributed by atoms with Gasteiger partial charge in [-0.3, -0.25) is 0 Å². The smallest absolute Gasteiger partial charge is 0.128 e. The Morgan fingerprint density at radius 1 is 1.33 bits per heavy atom. The first-order chi connectivity index (χ1) is 7.30. The Kier molecular flexibility index (Phi) is 4.42. The van der Waals surface area contributed by atoms with E-state index in [2.05, 4.69) is 6.58 Å². The van der Waals surface area contributed by atoms with Gasteiger partial charge in [0.15, 0.2) is 0 Å². The fraction of sp³-hybridized carbons (Fsp3) is 0.143. The van der Waals surface area contributed by atoms with Crippen molar-refractivity contribution in [3.8, 4) is 5.75 Å². The van der Waals surface area contributed by atoms with Crippen LogP contribution >= 0.6 is 0 Å². The summed E-state index contributed by atoms with van der Waals surface area (Å²) in [4.78, 5) is 0. The van der Waals surface area contributed by atoms with E-state index in [9.17, 15) is 0 Å². The van der Waals surface area contributed by atoms with E-state index in [1.54, 1.807) is 6.08 Å². The van der Waals surface area contributed by atoms with Gasteiger partial charge in [-0.2, -0.15) is 0 Å². The second kappa shape index (κ2) is 5.86. The van der Waals surface area contributed by atoms with Gasteiger partial charge in [-0.25, -0.2) is 0 Å². The summed E-state index contributed by atoms with van der Waals surface area (Å²) < 4.78 is 5.61. The van der Waals surface area contributed by atoms with Gasteiger partial charge in [0.1, 0.15) is 11.5 Å². The standard InChI is InChI=1S/C14H16O/c1-4-8-12-9-7-10-14(11-12)15-13(5-2)6-3/h4-11H,2H2,1,3H3/b8-4+,13-6+. The molecule has 1 heteroatoms. The van der Waals surface area contributed by atoms with Crippen LogP contribution in [0.15, 0.2) is 54.8 Å². The predicted octanol–water partition coefficient (Wildman–Crippen LogP) is 4.19. The SMILES string of the molecule is C=C/C(=C\C)Oc1cccc(/C=C/C)c1. The van der Waals surface area contributed by atoms with Crippen LogP contribution in [0.1, 0.15) is 19.4 Å². The summed E-state index contributed by atoms with van der Waals surface area (Å²) in [5.74, 6) is 1.60. The Hall–Kier alpha value is -1.76. The Morgan fingerprint density at radius 2 is 2.13 bits per heavy atom. The number of benzene rings is 1. The number of ether oxygens (including phenoxy) is 1. The number of rotatable bonds is 4. The molecule has 0 unspecified atom stereocenters. The van der Waals surface area contributed by atoms with Gasteiger partial charge in [0.25, 0.3) is 0 Å². The lowest BCUT2D eigenvalue weighted by Gasteiger charge is -2.06. The van der Waals surface area contributed by atoms with E-state index in [0.29, 0.717) is 0 Å². The summed E-state index contributed by atoms with van der Waals surface area (Å²) in [6.45, 7) is 7.60. The first-order valence-electron chi connectivity index (χ1n) is 4.99. The molecule has 1 aromatic carbocycles. The summed E-state index contributed by atoms with van der Waals surface area (Å²) in [5, 5.41) is 0. The molecule has 0 saturated heterocycles. The van der Waals surface area contributed by atoms with Crippen molar-refractivity contribution in [2.45, 2.75) is 13.8 Å². The van der Waals surface area contributed by atoms with Gasteiger partial charge in [-0.1, -0.05) is 30.9 Å². The third-order valence-electron chi connectivity index (χ3n) is 1.94. The molecular weight excluding hydrogens is 184 g/mol. The molecule has 15 heavy (non-hydrogen) atoms. The van der Waals surface area contributed by atoms with E-state index in [1.807, 2.05) is 56.3 Å². The highest BCUT2D eigenvalue weighted by atomic mass is 16.5. The zero-order chi connectivity index (χ0) is 11.1. The topological polar surface area (TPSA) is 9.23 Å². The molecule has 0 spiro atoms. The largest absolute Gasteiger partial charge is 0.458 e. The summed E-state index contributed by atoms with van der Waals surface area (Å²) in [5.41, 5.74) is 1.13. The second-order valence-electron chi connectivity index (χ2n) is 3.07. The summed E-state index contributed by atoms with van der Waals surface area (Å²) in [6.07, 6.45) is 7.62. The minimum atomic E-state index is 0.771. The van der Waals surface area contributed by atoms with Crippen LogP contribution in [-0.2, 0) is 0 Å². The van der Waals surface area contributed by atoms with Crippen molar-refractivity contribution >= 4 is 6.08 Å². The van der Waals surface area contributed by atoms with Gasteiger partial charge in [-0.15, -0.1) is 0 Å². The van der Waals surface area contributed by atoms with Gasteiger partial charge >= 0.3 is 0 Å². The van der Waals surface area contributed by atoms with Gasteiger partial charge in [-0.05, 0) is 43.7 Å². The lowest BCUT2D eigenvalue weighted by atomic mass is 10.2. The average Bonchev–Trinajstić information content (AvgIpc) is 2.27. The zero-order valence-electron chi connectivity index (χ0n) is 9.23. The van der Waals surface area contributed by atoms with Crippen molar-refractivity contribution in [2.24, 2.45) is 0 Å². The molecule has 0 N–H and O–H groups in total. The molecule has 0 heterocycles. The molecule has 0 aliphatic rings. The molecule has 0 bridgehead atoms. The molecule has 0 aliphatic heterocycles. The van der Waals surface area contributed by atoms with E-state index in [0.717, 1.165) is 17.1 Å². The van der Waals surface area contributed by atoms with E-state index in [4.69, 9.17) is 4.74 Å². The minimum absolute atomic E-state index is 0.771. The quantitative estimate of drug-likeness (QED) is 0.523. The Morgan fingerprint density at radius 3 is 2.73 bits per heavy atom. The maximum absolute atomic E-state index is 5.61. The van der Waals surface area contributed by atoms with E-state index in [-0.39, 0.29) is 0 Å². The maximum atomic E-state index is 5.61. The van der Waals surface area contributed by atoms with Gasteiger partial charge < -0.3 is 4.74 Å². The molecule has 0 aliphatic carbocycles. The van der Waals surface area contributed by atoms with Gasteiger partial charge in [0, 0.05) is 0 Å².